The second-order valence-corrected chi connectivity index (χ2v) is 9.38. The highest BCUT2D eigenvalue weighted by Gasteiger charge is 2.19. The fourth-order valence-corrected chi connectivity index (χ4v) is 4.17. The van der Waals surface area contributed by atoms with Crippen molar-refractivity contribution in [2.45, 2.75) is 39.5 Å². The Labute approximate surface area is 216 Å². The summed E-state index contributed by atoms with van der Waals surface area (Å²) in [7, 11) is 2.11. The third-order valence-electron chi connectivity index (χ3n) is 6.56. The molecular weight excluding hydrogens is 464 g/mol. The normalized spacial score (nSPS) is 11.5. The molecule has 0 unspecified atom stereocenters. The van der Waals surface area contributed by atoms with E-state index < -0.39 is 0 Å². The molecule has 0 bridgehead atoms. The number of nitrogens with one attached hydrogen (secondary N) is 1. The Morgan fingerprint density at radius 3 is 2.65 bits per heavy atom. The van der Waals surface area contributed by atoms with Crippen molar-refractivity contribution in [3.05, 3.63) is 102 Å². The van der Waals surface area contributed by atoms with E-state index in [2.05, 4.69) is 53.3 Å². The largest absolute Gasteiger partial charge is 0.467 e. The standard InChI is InChI=1S/C29H30N6O2/c1-20(2)34(3)18-23-9-5-4-8-21(23)16-31-29(36)25-14-27(22-10-6-12-30-15-22)33-28-26(25)17-32-35(28)19-24-11-7-13-37-24/h4-15,17,20H,16,18-19H2,1-3H3,(H,31,36). The lowest BCUT2D eigenvalue weighted by molar-refractivity contribution is 0.0952. The number of benzene rings is 1. The zero-order valence-electron chi connectivity index (χ0n) is 21.3. The second kappa shape index (κ2) is 10.8. The van der Waals surface area contributed by atoms with E-state index >= 15 is 0 Å². The maximum Gasteiger partial charge on any atom is 0.252 e. The molecule has 5 aromatic rings. The molecule has 5 rings (SSSR count). The maximum atomic E-state index is 13.6. The summed E-state index contributed by atoms with van der Waals surface area (Å²) in [6, 6.07) is 18.0. The minimum atomic E-state index is -0.179. The molecule has 0 spiro atoms. The molecule has 1 amide bonds. The smallest absolute Gasteiger partial charge is 0.252 e. The summed E-state index contributed by atoms with van der Waals surface area (Å²) in [6.07, 6.45) is 6.78. The van der Waals surface area contributed by atoms with E-state index in [0.717, 1.165) is 23.4 Å². The number of amides is 1. The third-order valence-corrected chi connectivity index (χ3v) is 6.56. The molecular formula is C29H30N6O2. The first-order chi connectivity index (χ1) is 18.0. The Bertz CT molecular complexity index is 1490. The first kappa shape index (κ1) is 24.4. The molecule has 37 heavy (non-hydrogen) atoms. The Hall–Kier alpha value is -4.30. The zero-order valence-corrected chi connectivity index (χ0v) is 21.3. The number of fused-ring (bicyclic) bond motifs is 1. The quantitative estimate of drug-likeness (QED) is 0.313. The topological polar surface area (TPSA) is 89.1 Å². The molecule has 0 saturated heterocycles. The van der Waals surface area contributed by atoms with Crippen molar-refractivity contribution in [3.63, 3.8) is 0 Å². The van der Waals surface area contributed by atoms with Crippen LogP contribution in [-0.2, 0) is 19.6 Å². The van der Waals surface area contributed by atoms with E-state index in [0.29, 0.717) is 41.4 Å². The van der Waals surface area contributed by atoms with Gasteiger partial charge in [0.2, 0.25) is 0 Å². The molecule has 1 N–H and O–H groups in total. The van der Waals surface area contributed by atoms with Crippen LogP contribution in [0.15, 0.2) is 83.9 Å². The van der Waals surface area contributed by atoms with Crippen molar-refractivity contribution in [2.75, 3.05) is 7.05 Å². The summed E-state index contributed by atoms with van der Waals surface area (Å²) >= 11 is 0. The lowest BCUT2D eigenvalue weighted by Crippen LogP contribution is -2.27. The fraction of sp³-hybridized carbons (Fsp3) is 0.241. The predicted octanol–water partition coefficient (Wildman–Crippen LogP) is 4.90. The number of carbonyl (C=O) groups is 1. The van der Waals surface area contributed by atoms with Crippen LogP contribution in [0.4, 0.5) is 0 Å². The Kier molecular flexibility index (Phi) is 7.09. The van der Waals surface area contributed by atoms with Gasteiger partial charge < -0.3 is 9.73 Å². The van der Waals surface area contributed by atoms with Crippen molar-refractivity contribution >= 4 is 16.9 Å². The van der Waals surface area contributed by atoms with E-state index in [1.165, 1.54) is 5.56 Å². The Morgan fingerprint density at radius 1 is 1.08 bits per heavy atom. The van der Waals surface area contributed by atoms with Crippen LogP contribution >= 0.6 is 0 Å². The molecule has 188 valence electrons. The summed E-state index contributed by atoms with van der Waals surface area (Å²) in [5.74, 6) is 0.578. The van der Waals surface area contributed by atoms with Gasteiger partial charge in [0, 0.05) is 37.1 Å². The van der Waals surface area contributed by atoms with Crippen LogP contribution in [0.3, 0.4) is 0 Å². The van der Waals surface area contributed by atoms with Crippen LogP contribution in [0.5, 0.6) is 0 Å². The highest BCUT2D eigenvalue weighted by molar-refractivity contribution is 6.06. The van der Waals surface area contributed by atoms with Gasteiger partial charge in [-0.2, -0.15) is 5.10 Å². The van der Waals surface area contributed by atoms with Gasteiger partial charge in [0.05, 0.1) is 29.1 Å². The van der Waals surface area contributed by atoms with Gasteiger partial charge >= 0.3 is 0 Å². The molecule has 0 fully saturated rings. The van der Waals surface area contributed by atoms with Gasteiger partial charge in [0.15, 0.2) is 5.65 Å². The van der Waals surface area contributed by atoms with E-state index in [9.17, 15) is 4.79 Å². The number of aromatic nitrogens is 4. The molecule has 1 aromatic carbocycles. The number of pyridine rings is 2. The number of hydrogen-bond donors (Lipinski definition) is 1. The minimum Gasteiger partial charge on any atom is -0.467 e. The molecule has 4 aromatic heterocycles. The molecule has 0 aliphatic heterocycles. The van der Waals surface area contributed by atoms with Gasteiger partial charge in [0.1, 0.15) is 12.3 Å². The summed E-state index contributed by atoms with van der Waals surface area (Å²) in [4.78, 5) is 24.9. The van der Waals surface area contributed by atoms with Gasteiger partial charge in [-0.25, -0.2) is 9.67 Å². The summed E-state index contributed by atoms with van der Waals surface area (Å²) in [6.45, 7) is 6.00. The van der Waals surface area contributed by atoms with Crippen LogP contribution in [-0.4, -0.2) is 43.6 Å². The Morgan fingerprint density at radius 2 is 1.92 bits per heavy atom. The van der Waals surface area contributed by atoms with Crippen molar-refractivity contribution in [2.24, 2.45) is 0 Å². The molecule has 0 atom stereocenters. The van der Waals surface area contributed by atoms with Crippen molar-refractivity contribution in [1.82, 2.24) is 30.0 Å². The van der Waals surface area contributed by atoms with E-state index in [4.69, 9.17) is 9.40 Å². The first-order valence-electron chi connectivity index (χ1n) is 12.3. The van der Waals surface area contributed by atoms with Crippen LogP contribution in [0, 0.1) is 0 Å². The molecule has 0 aliphatic rings. The summed E-state index contributed by atoms with van der Waals surface area (Å²) in [5, 5.41) is 8.33. The second-order valence-electron chi connectivity index (χ2n) is 9.38. The Balaban J connectivity index is 1.47. The van der Waals surface area contributed by atoms with Gasteiger partial charge in [-0.15, -0.1) is 0 Å². The zero-order chi connectivity index (χ0) is 25.8. The molecule has 0 radical (unpaired) electrons. The lowest BCUT2D eigenvalue weighted by Gasteiger charge is -2.22. The fourth-order valence-electron chi connectivity index (χ4n) is 4.17. The van der Waals surface area contributed by atoms with Crippen molar-refractivity contribution in [1.29, 1.82) is 0 Å². The van der Waals surface area contributed by atoms with Gasteiger partial charge in [-0.05, 0) is 62.4 Å². The summed E-state index contributed by atoms with van der Waals surface area (Å²) in [5.41, 5.74) is 4.90. The van der Waals surface area contributed by atoms with E-state index in [-0.39, 0.29) is 5.91 Å². The SMILES string of the molecule is CC(C)N(C)Cc1ccccc1CNC(=O)c1cc(-c2cccnc2)nc2c1cnn2Cc1ccco1. The van der Waals surface area contributed by atoms with Crippen LogP contribution in [0.1, 0.15) is 41.1 Å². The first-order valence-corrected chi connectivity index (χ1v) is 12.3. The molecule has 8 heteroatoms. The minimum absolute atomic E-state index is 0.179. The number of nitrogens with zero attached hydrogens (tertiary/aromatic N) is 5. The average molecular weight is 495 g/mol. The number of carbonyl (C=O) groups excluding carboxylic acids is 1. The highest BCUT2D eigenvalue weighted by Crippen LogP contribution is 2.25. The predicted molar refractivity (Wildman–Crippen MR) is 143 cm³/mol. The molecule has 0 saturated carbocycles. The lowest BCUT2D eigenvalue weighted by atomic mass is 10.1. The maximum absolute atomic E-state index is 13.6. The van der Waals surface area contributed by atoms with Gasteiger partial charge in [-0.3, -0.25) is 14.7 Å². The van der Waals surface area contributed by atoms with Crippen LogP contribution in [0.2, 0.25) is 0 Å². The van der Waals surface area contributed by atoms with Gasteiger partial charge in [-0.1, -0.05) is 24.3 Å². The third kappa shape index (κ3) is 5.44. The van der Waals surface area contributed by atoms with Crippen LogP contribution < -0.4 is 5.32 Å². The molecule has 4 heterocycles. The van der Waals surface area contributed by atoms with E-state index in [1.54, 1.807) is 29.5 Å². The van der Waals surface area contributed by atoms with Gasteiger partial charge in [0.25, 0.3) is 5.91 Å². The van der Waals surface area contributed by atoms with Crippen molar-refractivity contribution in [3.8, 4) is 11.3 Å². The number of hydrogen-bond acceptors (Lipinski definition) is 6. The van der Waals surface area contributed by atoms with Crippen molar-refractivity contribution < 1.29 is 9.21 Å². The number of rotatable bonds is 9. The monoisotopic (exact) mass is 494 g/mol. The number of furan rings is 1. The molecule has 8 nitrogen and oxygen atoms in total. The van der Waals surface area contributed by atoms with E-state index in [1.807, 2.05) is 42.5 Å². The average Bonchev–Trinajstić information content (AvgIpc) is 3.58. The van der Waals surface area contributed by atoms with Crippen LogP contribution in [0.25, 0.3) is 22.3 Å². The highest BCUT2D eigenvalue weighted by atomic mass is 16.3. The summed E-state index contributed by atoms with van der Waals surface area (Å²) < 4.78 is 7.26. The molecule has 0 aliphatic carbocycles.